The van der Waals surface area contributed by atoms with Crippen LogP contribution in [0.1, 0.15) is 18.2 Å². The van der Waals surface area contributed by atoms with Crippen molar-refractivity contribution in [3.05, 3.63) is 35.8 Å². The van der Waals surface area contributed by atoms with Crippen LogP contribution in [-0.2, 0) is 13.1 Å². The Labute approximate surface area is 131 Å². The summed E-state index contributed by atoms with van der Waals surface area (Å²) in [6, 6.07) is 3.79. The fourth-order valence-electron chi connectivity index (χ4n) is 2.91. The number of hydrogen-bond acceptors (Lipinski definition) is 5. The highest BCUT2D eigenvalue weighted by molar-refractivity contribution is 5.62. The molecule has 1 saturated heterocycles. The Morgan fingerprint density at radius 1 is 1.23 bits per heavy atom. The smallest absolute Gasteiger partial charge is 0.151 e. The summed E-state index contributed by atoms with van der Waals surface area (Å²) >= 11 is 0. The second-order valence-electron chi connectivity index (χ2n) is 5.77. The zero-order valence-electron chi connectivity index (χ0n) is 13.4. The van der Waals surface area contributed by atoms with Crippen molar-refractivity contribution < 1.29 is 0 Å². The van der Waals surface area contributed by atoms with E-state index in [1.165, 1.54) is 5.56 Å². The number of nitrogens with zero attached hydrogens (tertiary/aromatic N) is 5. The van der Waals surface area contributed by atoms with Crippen LogP contribution in [-0.4, -0.2) is 45.8 Å². The van der Waals surface area contributed by atoms with E-state index < -0.39 is 0 Å². The van der Waals surface area contributed by atoms with Crippen molar-refractivity contribution in [2.24, 2.45) is 0 Å². The molecule has 0 aromatic carbocycles. The molecule has 6 heteroatoms. The highest BCUT2D eigenvalue weighted by Gasteiger charge is 2.20. The molecule has 0 bridgehead atoms. The van der Waals surface area contributed by atoms with Gasteiger partial charge in [0, 0.05) is 57.2 Å². The van der Waals surface area contributed by atoms with Crippen LogP contribution in [0.5, 0.6) is 0 Å². The molecule has 6 nitrogen and oxygen atoms in total. The first-order valence-corrected chi connectivity index (χ1v) is 7.88. The minimum absolute atomic E-state index is 0.760. The second-order valence-corrected chi connectivity index (χ2v) is 5.77. The van der Waals surface area contributed by atoms with Gasteiger partial charge in [0.15, 0.2) is 5.82 Å². The lowest BCUT2D eigenvalue weighted by molar-refractivity contribution is 0.249. The third-order valence-electron chi connectivity index (χ3n) is 4.25. The molecule has 1 aliphatic heterocycles. The van der Waals surface area contributed by atoms with Gasteiger partial charge in [-0.2, -0.15) is 5.10 Å². The lowest BCUT2D eigenvalue weighted by atomic mass is 10.2. The van der Waals surface area contributed by atoms with E-state index in [0.717, 1.165) is 56.5 Å². The number of aryl methyl sites for hydroxylation is 2. The summed E-state index contributed by atoms with van der Waals surface area (Å²) < 4.78 is 2.01. The quantitative estimate of drug-likeness (QED) is 0.927. The van der Waals surface area contributed by atoms with Gasteiger partial charge in [0.1, 0.15) is 0 Å². The minimum atomic E-state index is 0.760. The summed E-state index contributed by atoms with van der Waals surface area (Å²) in [6.45, 7) is 10.1. The van der Waals surface area contributed by atoms with Crippen LogP contribution in [0.25, 0.3) is 0 Å². The molecule has 1 aliphatic rings. The van der Waals surface area contributed by atoms with E-state index >= 15 is 0 Å². The molecule has 22 heavy (non-hydrogen) atoms. The summed E-state index contributed by atoms with van der Waals surface area (Å²) in [5.41, 5.74) is 9.24. The standard InChI is InChI=1S/C16H24N6/c1-3-22-12-14(13(2)19-22)11-20-7-9-21(10-8-20)16-15(17)5-4-6-18-16/h4-6,12H,3,7-11,17H2,1-2H3. The van der Waals surface area contributed by atoms with Gasteiger partial charge < -0.3 is 10.6 Å². The molecule has 0 spiro atoms. The van der Waals surface area contributed by atoms with Gasteiger partial charge in [0.25, 0.3) is 0 Å². The molecule has 1 fully saturated rings. The lowest BCUT2D eigenvalue weighted by Crippen LogP contribution is -2.46. The zero-order valence-corrected chi connectivity index (χ0v) is 13.4. The number of anilines is 2. The highest BCUT2D eigenvalue weighted by atomic mass is 15.3. The molecule has 3 rings (SSSR count). The van der Waals surface area contributed by atoms with Crippen molar-refractivity contribution in [3.63, 3.8) is 0 Å². The van der Waals surface area contributed by atoms with Gasteiger partial charge in [-0.25, -0.2) is 4.98 Å². The maximum Gasteiger partial charge on any atom is 0.151 e. The van der Waals surface area contributed by atoms with Crippen molar-refractivity contribution in [2.45, 2.75) is 26.9 Å². The Morgan fingerprint density at radius 2 is 2.00 bits per heavy atom. The Hall–Kier alpha value is -2.08. The normalized spacial score (nSPS) is 16.2. The first-order chi connectivity index (χ1) is 10.7. The van der Waals surface area contributed by atoms with E-state index in [1.54, 1.807) is 6.20 Å². The first-order valence-electron chi connectivity index (χ1n) is 7.88. The van der Waals surface area contributed by atoms with Crippen LogP contribution < -0.4 is 10.6 Å². The number of hydrogen-bond donors (Lipinski definition) is 1. The molecule has 2 N–H and O–H groups in total. The van der Waals surface area contributed by atoms with E-state index in [9.17, 15) is 0 Å². The van der Waals surface area contributed by atoms with Gasteiger partial charge in [-0.05, 0) is 26.0 Å². The first kappa shape index (κ1) is 14.8. The van der Waals surface area contributed by atoms with Crippen molar-refractivity contribution >= 4 is 11.5 Å². The number of rotatable bonds is 4. The van der Waals surface area contributed by atoms with Gasteiger partial charge in [-0.3, -0.25) is 9.58 Å². The third-order valence-corrected chi connectivity index (χ3v) is 4.25. The molecule has 3 heterocycles. The average Bonchev–Trinajstić information content (AvgIpc) is 2.89. The van der Waals surface area contributed by atoms with E-state index in [4.69, 9.17) is 5.73 Å². The average molecular weight is 300 g/mol. The largest absolute Gasteiger partial charge is 0.396 e. The van der Waals surface area contributed by atoms with E-state index in [2.05, 4.69) is 39.9 Å². The topological polar surface area (TPSA) is 63.2 Å². The number of pyridine rings is 1. The monoisotopic (exact) mass is 300 g/mol. The molecule has 0 radical (unpaired) electrons. The maximum atomic E-state index is 6.02. The minimum Gasteiger partial charge on any atom is -0.396 e. The molecule has 0 amide bonds. The predicted molar refractivity (Wildman–Crippen MR) is 88.8 cm³/mol. The number of piperazine rings is 1. The fourth-order valence-corrected chi connectivity index (χ4v) is 2.91. The van der Waals surface area contributed by atoms with E-state index in [-0.39, 0.29) is 0 Å². The van der Waals surface area contributed by atoms with Crippen LogP contribution in [0.3, 0.4) is 0 Å². The molecular formula is C16H24N6. The van der Waals surface area contributed by atoms with Crippen molar-refractivity contribution in [3.8, 4) is 0 Å². The molecule has 2 aromatic rings. The summed E-state index contributed by atoms with van der Waals surface area (Å²) in [7, 11) is 0. The molecule has 0 unspecified atom stereocenters. The van der Waals surface area contributed by atoms with Crippen LogP contribution in [0.4, 0.5) is 11.5 Å². The van der Waals surface area contributed by atoms with Gasteiger partial charge in [0.2, 0.25) is 0 Å². The summed E-state index contributed by atoms with van der Waals surface area (Å²) in [4.78, 5) is 9.15. The second kappa shape index (κ2) is 6.36. The molecule has 118 valence electrons. The Morgan fingerprint density at radius 3 is 2.64 bits per heavy atom. The summed E-state index contributed by atoms with van der Waals surface area (Å²) in [5, 5.41) is 4.52. The number of nitrogens with two attached hydrogens (primary N) is 1. The number of nitrogen functional groups attached to an aromatic ring is 1. The van der Waals surface area contributed by atoms with Crippen molar-refractivity contribution in [2.75, 3.05) is 36.8 Å². The SMILES string of the molecule is CCn1cc(CN2CCN(c3ncccc3N)CC2)c(C)n1. The molecule has 0 aliphatic carbocycles. The van der Waals surface area contributed by atoms with Crippen molar-refractivity contribution in [1.29, 1.82) is 0 Å². The summed E-state index contributed by atoms with van der Waals surface area (Å²) in [5.74, 6) is 0.914. The maximum absolute atomic E-state index is 6.02. The predicted octanol–water partition coefficient (Wildman–Crippen LogP) is 1.51. The van der Waals surface area contributed by atoms with Gasteiger partial charge in [0.05, 0.1) is 11.4 Å². The van der Waals surface area contributed by atoms with Crippen LogP contribution in [0, 0.1) is 6.92 Å². The Balaban J connectivity index is 1.60. The van der Waals surface area contributed by atoms with Gasteiger partial charge >= 0.3 is 0 Å². The van der Waals surface area contributed by atoms with Crippen LogP contribution >= 0.6 is 0 Å². The summed E-state index contributed by atoms with van der Waals surface area (Å²) in [6.07, 6.45) is 3.97. The van der Waals surface area contributed by atoms with Crippen molar-refractivity contribution in [1.82, 2.24) is 19.7 Å². The van der Waals surface area contributed by atoms with Crippen LogP contribution in [0.2, 0.25) is 0 Å². The Bertz CT molecular complexity index is 627. The third kappa shape index (κ3) is 3.06. The molecule has 0 atom stereocenters. The fraction of sp³-hybridized carbons (Fsp3) is 0.500. The van der Waals surface area contributed by atoms with Gasteiger partial charge in [-0.1, -0.05) is 0 Å². The zero-order chi connectivity index (χ0) is 15.5. The Kier molecular flexibility index (Phi) is 4.29. The highest BCUT2D eigenvalue weighted by Crippen LogP contribution is 2.21. The van der Waals surface area contributed by atoms with Crippen LogP contribution in [0.15, 0.2) is 24.5 Å². The molecule has 0 saturated carbocycles. The van der Waals surface area contributed by atoms with E-state index in [0.29, 0.717) is 0 Å². The van der Waals surface area contributed by atoms with Gasteiger partial charge in [-0.15, -0.1) is 0 Å². The van der Waals surface area contributed by atoms with E-state index in [1.807, 2.05) is 16.8 Å². The number of aromatic nitrogens is 3. The molecule has 2 aromatic heterocycles. The lowest BCUT2D eigenvalue weighted by Gasteiger charge is -2.35. The molecular weight excluding hydrogens is 276 g/mol.